The minimum absolute atomic E-state index is 0.0484. The number of thiazole rings is 1. The molecule has 0 bridgehead atoms. The number of aryl methyl sites for hydroxylation is 3. The summed E-state index contributed by atoms with van der Waals surface area (Å²) in [5.74, 6) is 1.47. The molecule has 9 nitrogen and oxygen atoms in total. The van der Waals surface area contributed by atoms with E-state index in [1.807, 2.05) is 13.8 Å². The van der Waals surface area contributed by atoms with Crippen LogP contribution in [0.5, 0.6) is 0 Å². The Morgan fingerprint density at radius 2 is 1.89 bits per heavy atom. The monoisotopic (exact) mass is 494 g/mol. The van der Waals surface area contributed by atoms with Gasteiger partial charge in [-0.2, -0.15) is 0 Å². The third-order valence-corrected chi connectivity index (χ3v) is 6.33. The van der Waals surface area contributed by atoms with Crippen molar-refractivity contribution in [3.63, 3.8) is 0 Å². The van der Waals surface area contributed by atoms with Gasteiger partial charge >= 0.3 is 0 Å². The normalized spacial score (nSPS) is 10.9. The van der Waals surface area contributed by atoms with Gasteiger partial charge < -0.3 is 24.2 Å². The van der Waals surface area contributed by atoms with Crippen LogP contribution in [0.3, 0.4) is 0 Å². The number of carbonyl (C=O) groups is 2. The van der Waals surface area contributed by atoms with Crippen LogP contribution >= 0.6 is 11.3 Å². The number of furan rings is 1. The molecule has 35 heavy (non-hydrogen) atoms. The molecule has 0 aliphatic rings. The van der Waals surface area contributed by atoms with Gasteiger partial charge in [0.05, 0.1) is 17.7 Å². The van der Waals surface area contributed by atoms with Crippen LogP contribution in [0.4, 0.5) is 5.69 Å². The van der Waals surface area contributed by atoms with Crippen LogP contribution in [0.2, 0.25) is 0 Å². The highest BCUT2D eigenvalue weighted by molar-refractivity contribution is 7.09. The van der Waals surface area contributed by atoms with E-state index in [0.717, 1.165) is 16.1 Å². The lowest BCUT2D eigenvalue weighted by molar-refractivity contribution is -0.121. The van der Waals surface area contributed by atoms with Crippen LogP contribution in [0.15, 0.2) is 50.7 Å². The minimum atomic E-state index is -0.351. The number of benzene rings is 1. The zero-order valence-electron chi connectivity index (χ0n) is 19.7. The Morgan fingerprint density at radius 3 is 2.60 bits per heavy atom. The smallest absolute Gasteiger partial charge is 0.291 e. The first kappa shape index (κ1) is 24.4. The molecule has 2 N–H and O–H groups in total. The average molecular weight is 495 g/mol. The molecular weight excluding hydrogens is 468 g/mol. The molecule has 0 saturated carbocycles. The van der Waals surface area contributed by atoms with Gasteiger partial charge in [-0.15, -0.1) is 11.3 Å². The number of aromatic nitrogens is 2. The van der Waals surface area contributed by atoms with Crippen molar-refractivity contribution < 1.29 is 23.2 Å². The summed E-state index contributed by atoms with van der Waals surface area (Å²) in [6.45, 7) is 4.35. The lowest BCUT2D eigenvalue weighted by Crippen LogP contribution is -2.23. The van der Waals surface area contributed by atoms with Gasteiger partial charge in [-0.05, 0) is 56.7 Å². The Labute approximate surface area is 206 Å². The molecule has 0 atom stereocenters. The number of amides is 2. The van der Waals surface area contributed by atoms with E-state index < -0.39 is 0 Å². The summed E-state index contributed by atoms with van der Waals surface area (Å²) < 4.78 is 16.2. The molecule has 1 aromatic carbocycles. The first-order valence-electron chi connectivity index (χ1n) is 11.0. The van der Waals surface area contributed by atoms with Crippen LogP contribution in [0, 0.1) is 13.8 Å². The predicted molar refractivity (Wildman–Crippen MR) is 131 cm³/mol. The number of rotatable bonds is 10. The summed E-state index contributed by atoms with van der Waals surface area (Å²) in [6, 6.07) is 10.4. The molecule has 4 aromatic rings. The number of hydrogen-bond acceptors (Lipinski definition) is 8. The Morgan fingerprint density at radius 1 is 1.09 bits per heavy atom. The number of hydrogen-bond donors (Lipinski definition) is 2. The maximum atomic E-state index is 12.4. The van der Waals surface area contributed by atoms with E-state index in [-0.39, 0.29) is 24.1 Å². The Bertz CT molecular complexity index is 1310. The lowest BCUT2D eigenvalue weighted by atomic mass is 10.2. The fourth-order valence-electron chi connectivity index (χ4n) is 3.39. The molecule has 0 saturated heterocycles. The standard InChI is InChI=1S/C25H26N4O5S/c1-15-22(35-14-27-15)10-11-23(30)26-12-20-16(2)33-25(29-20)17-4-6-18(7-5-17)28-24(31)21-9-8-19(34-21)13-32-3/h4-9,14H,10-13H2,1-3H3,(H,26,30)(H,28,31). The minimum Gasteiger partial charge on any atom is -0.453 e. The summed E-state index contributed by atoms with van der Waals surface area (Å²) in [7, 11) is 1.56. The molecule has 0 aliphatic heterocycles. The molecule has 2 amide bonds. The van der Waals surface area contributed by atoms with E-state index in [9.17, 15) is 9.59 Å². The Balaban J connectivity index is 1.31. The van der Waals surface area contributed by atoms with Crippen molar-refractivity contribution in [1.82, 2.24) is 15.3 Å². The average Bonchev–Trinajstić information content (AvgIpc) is 3.57. The second-order valence-electron chi connectivity index (χ2n) is 7.89. The maximum absolute atomic E-state index is 12.4. The number of methoxy groups -OCH3 is 1. The van der Waals surface area contributed by atoms with Gasteiger partial charge in [0, 0.05) is 29.7 Å². The van der Waals surface area contributed by atoms with Crippen molar-refractivity contribution >= 4 is 28.8 Å². The quantitative estimate of drug-likeness (QED) is 0.329. The zero-order chi connectivity index (χ0) is 24.8. The van der Waals surface area contributed by atoms with E-state index in [2.05, 4.69) is 20.6 Å². The Kier molecular flexibility index (Phi) is 7.74. The number of anilines is 1. The number of carbonyl (C=O) groups excluding carboxylic acids is 2. The van der Waals surface area contributed by atoms with Gasteiger partial charge in [0.25, 0.3) is 5.91 Å². The molecule has 3 heterocycles. The lowest BCUT2D eigenvalue weighted by Gasteiger charge is -2.04. The van der Waals surface area contributed by atoms with Crippen molar-refractivity contribution in [2.45, 2.75) is 39.8 Å². The zero-order valence-corrected chi connectivity index (χ0v) is 20.5. The number of ether oxygens (including phenoxy) is 1. The third-order valence-electron chi connectivity index (χ3n) is 5.33. The predicted octanol–water partition coefficient (Wildman–Crippen LogP) is 4.66. The molecule has 0 unspecified atom stereocenters. The summed E-state index contributed by atoms with van der Waals surface area (Å²) in [5.41, 5.74) is 4.80. The maximum Gasteiger partial charge on any atom is 0.291 e. The van der Waals surface area contributed by atoms with Gasteiger partial charge in [0.15, 0.2) is 5.76 Å². The molecule has 0 aliphatic carbocycles. The van der Waals surface area contributed by atoms with Crippen molar-refractivity contribution in [3.8, 4) is 11.5 Å². The molecule has 0 radical (unpaired) electrons. The van der Waals surface area contributed by atoms with Crippen molar-refractivity contribution in [1.29, 1.82) is 0 Å². The van der Waals surface area contributed by atoms with Gasteiger partial charge in [-0.1, -0.05) is 0 Å². The van der Waals surface area contributed by atoms with Crippen LogP contribution in [-0.2, 0) is 29.1 Å². The van der Waals surface area contributed by atoms with E-state index in [1.54, 1.807) is 60.4 Å². The summed E-state index contributed by atoms with van der Waals surface area (Å²) in [6.07, 6.45) is 1.06. The topological polar surface area (TPSA) is 119 Å². The van der Waals surface area contributed by atoms with Gasteiger partial charge in [0.1, 0.15) is 23.8 Å². The fraction of sp³-hybridized carbons (Fsp3) is 0.280. The second kappa shape index (κ2) is 11.1. The van der Waals surface area contributed by atoms with Crippen molar-refractivity contribution in [2.75, 3.05) is 12.4 Å². The number of nitrogens with one attached hydrogen (secondary N) is 2. The molecule has 0 fully saturated rings. The summed E-state index contributed by atoms with van der Waals surface area (Å²) >= 11 is 1.56. The second-order valence-corrected chi connectivity index (χ2v) is 8.83. The summed E-state index contributed by atoms with van der Waals surface area (Å²) in [4.78, 5) is 34.5. The summed E-state index contributed by atoms with van der Waals surface area (Å²) in [5, 5.41) is 5.69. The van der Waals surface area contributed by atoms with Crippen LogP contribution in [-0.4, -0.2) is 28.9 Å². The van der Waals surface area contributed by atoms with Crippen LogP contribution < -0.4 is 10.6 Å². The fourth-order valence-corrected chi connectivity index (χ4v) is 4.17. The van der Waals surface area contributed by atoms with Crippen LogP contribution in [0.1, 0.15) is 44.8 Å². The number of nitrogens with zero attached hydrogens (tertiary/aromatic N) is 2. The Hall–Kier alpha value is -3.76. The molecule has 4 rings (SSSR count). The van der Waals surface area contributed by atoms with E-state index in [1.165, 1.54) is 0 Å². The highest BCUT2D eigenvalue weighted by Crippen LogP contribution is 2.24. The SMILES string of the molecule is COCc1ccc(C(=O)Nc2ccc(-c3nc(CNC(=O)CCc4scnc4C)c(C)o3)cc2)o1. The highest BCUT2D eigenvalue weighted by atomic mass is 32.1. The van der Waals surface area contributed by atoms with Crippen LogP contribution in [0.25, 0.3) is 11.5 Å². The molecule has 0 spiro atoms. The molecule has 10 heteroatoms. The van der Waals surface area contributed by atoms with E-state index in [4.69, 9.17) is 13.6 Å². The molecule has 3 aromatic heterocycles. The van der Waals surface area contributed by atoms with Gasteiger partial charge in [-0.25, -0.2) is 9.97 Å². The first-order chi connectivity index (χ1) is 16.9. The largest absolute Gasteiger partial charge is 0.453 e. The first-order valence-corrected chi connectivity index (χ1v) is 11.9. The van der Waals surface area contributed by atoms with Gasteiger partial charge in [0.2, 0.25) is 11.8 Å². The highest BCUT2D eigenvalue weighted by Gasteiger charge is 2.15. The van der Waals surface area contributed by atoms with E-state index in [0.29, 0.717) is 48.2 Å². The molecule has 182 valence electrons. The molecular formula is C25H26N4O5S. The third kappa shape index (κ3) is 6.23. The van der Waals surface area contributed by atoms with Crippen molar-refractivity contribution in [3.05, 3.63) is 75.5 Å². The van der Waals surface area contributed by atoms with E-state index >= 15 is 0 Å². The van der Waals surface area contributed by atoms with Crippen molar-refractivity contribution in [2.24, 2.45) is 0 Å². The van der Waals surface area contributed by atoms with Gasteiger partial charge in [-0.3, -0.25) is 9.59 Å². The number of oxazole rings is 1.